The molecule has 2 nitrogen and oxygen atoms in total. The van der Waals surface area contributed by atoms with Crippen LogP contribution in [0.5, 0.6) is 0 Å². The summed E-state index contributed by atoms with van der Waals surface area (Å²) in [4.78, 5) is 2.44. The van der Waals surface area contributed by atoms with Crippen LogP contribution in [-0.2, 0) is 6.42 Å². The van der Waals surface area contributed by atoms with Gasteiger partial charge in [0.15, 0.2) is 0 Å². The standard InChI is InChI=1S/C15H23BrN2/c1-18(12-15(11-17)7-3-8-15)9-6-13-4-2-5-14(16)10-13/h2,4-5,10H,3,6-9,11-12,17H2,1H3. The first-order valence-electron chi connectivity index (χ1n) is 6.77. The van der Waals surface area contributed by atoms with E-state index in [4.69, 9.17) is 5.73 Å². The summed E-state index contributed by atoms with van der Waals surface area (Å²) in [5.41, 5.74) is 7.73. The molecule has 0 spiro atoms. The van der Waals surface area contributed by atoms with Gasteiger partial charge >= 0.3 is 0 Å². The Morgan fingerprint density at radius 1 is 1.39 bits per heavy atom. The molecule has 3 heteroatoms. The fourth-order valence-corrected chi connectivity index (χ4v) is 3.21. The Balaban J connectivity index is 1.79. The lowest BCUT2D eigenvalue weighted by Gasteiger charge is -2.43. The minimum atomic E-state index is 0.423. The van der Waals surface area contributed by atoms with E-state index in [1.165, 1.54) is 29.3 Å². The minimum absolute atomic E-state index is 0.423. The third-order valence-corrected chi connectivity index (χ3v) is 4.62. The summed E-state index contributed by atoms with van der Waals surface area (Å²) in [5.74, 6) is 0. The minimum Gasteiger partial charge on any atom is -0.330 e. The molecule has 0 aromatic heterocycles. The molecule has 0 bridgehead atoms. The Morgan fingerprint density at radius 2 is 2.17 bits per heavy atom. The van der Waals surface area contributed by atoms with Gasteiger partial charge in [-0.3, -0.25) is 0 Å². The van der Waals surface area contributed by atoms with Crippen LogP contribution in [0.1, 0.15) is 24.8 Å². The summed E-state index contributed by atoms with van der Waals surface area (Å²) in [7, 11) is 2.22. The average molecular weight is 311 g/mol. The molecule has 0 amide bonds. The number of halogens is 1. The van der Waals surface area contributed by atoms with Crippen LogP contribution in [0, 0.1) is 5.41 Å². The van der Waals surface area contributed by atoms with Gasteiger partial charge in [-0.25, -0.2) is 0 Å². The van der Waals surface area contributed by atoms with Crippen LogP contribution in [0.25, 0.3) is 0 Å². The summed E-state index contributed by atoms with van der Waals surface area (Å²) in [6, 6.07) is 8.58. The maximum atomic E-state index is 5.91. The predicted molar refractivity (Wildman–Crippen MR) is 80.7 cm³/mol. The second-order valence-corrected chi connectivity index (χ2v) is 6.59. The van der Waals surface area contributed by atoms with Gasteiger partial charge in [0.1, 0.15) is 0 Å². The van der Waals surface area contributed by atoms with Crippen LogP contribution in [0.4, 0.5) is 0 Å². The van der Waals surface area contributed by atoms with E-state index in [9.17, 15) is 0 Å². The van der Waals surface area contributed by atoms with E-state index in [-0.39, 0.29) is 0 Å². The van der Waals surface area contributed by atoms with Crippen LogP contribution in [-0.4, -0.2) is 31.6 Å². The summed E-state index contributed by atoms with van der Waals surface area (Å²) in [6.07, 6.45) is 5.09. The highest BCUT2D eigenvalue weighted by Gasteiger charge is 2.36. The Morgan fingerprint density at radius 3 is 2.72 bits per heavy atom. The summed E-state index contributed by atoms with van der Waals surface area (Å²) >= 11 is 3.52. The van der Waals surface area contributed by atoms with Crippen molar-refractivity contribution >= 4 is 15.9 Å². The molecule has 0 saturated heterocycles. The average Bonchev–Trinajstić information content (AvgIpc) is 2.31. The molecule has 1 saturated carbocycles. The van der Waals surface area contributed by atoms with Crippen molar-refractivity contribution in [2.45, 2.75) is 25.7 Å². The van der Waals surface area contributed by atoms with Crippen molar-refractivity contribution in [3.8, 4) is 0 Å². The van der Waals surface area contributed by atoms with Crippen molar-refractivity contribution < 1.29 is 0 Å². The second kappa shape index (κ2) is 6.18. The molecule has 1 aliphatic rings. The first kappa shape index (κ1) is 14.0. The smallest absolute Gasteiger partial charge is 0.0178 e. The summed E-state index contributed by atoms with van der Waals surface area (Å²) in [6.45, 7) is 3.10. The van der Waals surface area contributed by atoms with Gasteiger partial charge in [-0.1, -0.05) is 34.5 Å². The highest BCUT2D eigenvalue weighted by atomic mass is 79.9. The van der Waals surface area contributed by atoms with Crippen molar-refractivity contribution in [2.75, 3.05) is 26.7 Å². The van der Waals surface area contributed by atoms with E-state index in [1.54, 1.807) is 0 Å². The molecule has 1 fully saturated rings. The molecular formula is C15H23BrN2. The van der Waals surface area contributed by atoms with E-state index in [1.807, 2.05) is 0 Å². The van der Waals surface area contributed by atoms with Crippen molar-refractivity contribution in [3.05, 3.63) is 34.3 Å². The molecular weight excluding hydrogens is 288 g/mol. The zero-order chi connectivity index (χ0) is 13.0. The van der Waals surface area contributed by atoms with Crippen LogP contribution in [0.2, 0.25) is 0 Å². The normalized spacial score (nSPS) is 17.8. The molecule has 100 valence electrons. The Bertz CT molecular complexity index is 382. The predicted octanol–water partition coefficient (Wildman–Crippen LogP) is 3.05. The quantitative estimate of drug-likeness (QED) is 0.875. The molecule has 0 radical (unpaired) electrons. The van der Waals surface area contributed by atoms with Gasteiger partial charge in [-0.05, 0) is 56.0 Å². The zero-order valence-electron chi connectivity index (χ0n) is 11.2. The van der Waals surface area contributed by atoms with Gasteiger partial charge in [-0.2, -0.15) is 0 Å². The topological polar surface area (TPSA) is 29.3 Å². The number of nitrogens with zero attached hydrogens (tertiary/aromatic N) is 1. The molecule has 0 heterocycles. The van der Waals surface area contributed by atoms with Crippen molar-refractivity contribution in [3.63, 3.8) is 0 Å². The van der Waals surface area contributed by atoms with Gasteiger partial charge < -0.3 is 10.6 Å². The highest BCUT2D eigenvalue weighted by Crippen LogP contribution is 2.40. The van der Waals surface area contributed by atoms with E-state index in [0.717, 1.165) is 26.1 Å². The third-order valence-electron chi connectivity index (χ3n) is 4.12. The molecule has 1 aromatic carbocycles. The first-order chi connectivity index (χ1) is 8.63. The Labute approximate surface area is 119 Å². The number of nitrogens with two attached hydrogens (primary N) is 1. The third kappa shape index (κ3) is 3.56. The Hall–Kier alpha value is -0.380. The fourth-order valence-electron chi connectivity index (χ4n) is 2.77. The molecule has 0 unspecified atom stereocenters. The molecule has 0 aliphatic heterocycles. The van der Waals surface area contributed by atoms with Crippen LogP contribution < -0.4 is 5.73 Å². The lowest BCUT2D eigenvalue weighted by Crippen LogP contribution is -2.46. The number of hydrogen-bond acceptors (Lipinski definition) is 2. The van der Waals surface area contributed by atoms with Crippen LogP contribution >= 0.6 is 15.9 Å². The molecule has 1 aliphatic carbocycles. The maximum absolute atomic E-state index is 5.91. The van der Waals surface area contributed by atoms with Gasteiger partial charge in [0.25, 0.3) is 0 Å². The van der Waals surface area contributed by atoms with Gasteiger partial charge in [-0.15, -0.1) is 0 Å². The van der Waals surface area contributed by atoms with Gasteiger partial charge in [0.2, 0.25) is 0 Å². The van der Waals surface area contributed by atoms with E-state index >= 15 is 0 Å². The molecule has 2 N–H and O–H groups in total. The lowest BCUT2D eigenvalue weighted by atomic mass is 9.68. The van der Waals surface area contributed by atoms with Crippen molar-refractivity contribution in [2.24, 2.45) is 11.1 Å². The van der Waals surface area contributed by atoms with E-state index in [0.29, 0.717) is 5.41 Å². The fraction of sp³-hybridized carbons (Fsp3) is 0.600. The van der Waals surface area contributed by atoms with E-state index in [2.05, 4.69) is 52.1 Å². The molecule has 18 heavy (non-hydrogen) atoms. The Kier molecular flexibility index (Phi) is 4.82. The molecule has 0 atom stereocenters. The van der Waals surface area contributed by atoms with Crippen molar-refractivity contribution in [1.82, 2.24) is 4.90 Å². The molecule has 1 aromatic rings. The molecule has 2 rings (SSSR count). The second-order valence-electron chi connectivity index (χ2n) is 5.68. The van der Waals surface area contributed by atoms with E-state index < -0.39 is 0 Å². The number of rotatable bonds is 6. The first-order valence-corrected chi connectivity index (χ1v) is 7.56. The number of benzene rings is 1. The van der Waals surface area contributed by atoms with Gasteiger partial charge in [0, 0.05) is 17.6 Å². The zero-order valence-corrected chi connectivity index (χ0v) is 12.7. The number of likely N-dealkylation sites (N-methyl/N-ethyl adjacent to an activating group) is 1. The SMILES string of the molecule is CN(CCc1cccc(Br)c1)CC1(CN)CCC1. The lowest BCUT2D eigenvalue weighted by molar-refractivity contribution is 0.0882. The largest absolute Gasteiger partial charge is 0.330 e. The number of hydrogen-bond donors (Lipinski definition) is 1. The maximum Gasteiger partial charge on any atom is 0.0178 e. The monoisotopic (exact) mass is 310 g/mol. The van der Waals surface area contributed by atoms with Gasteiger partial charge in [0.05, 0.1) is 0 Å². The van der Waals surface area contributed by atoms with Crippen molar-refractivity contribution in [1.29, 1.82) is 0 Å². The van der Waals surface area contributed by atoms with Crippen LogP contribution in [0.15, 0.2) is 28.7 Å². The summed E-state index contributed by atoms with van der Waals surface area (Å²) in [5, 5.41) is 0. The van der Waals surface area contributed by atoms with Crippen LogP contribution in [0.3, 0.4) is 0 Å². The summed E-state index contributed by atoms with van der Waals surface area (Å²) < 4.78 is 1.17. The highest BCUT2D eigenvalue weighted by molar-refractivity contribution is 9.10.